The van der Waals surface area contributed by atoms with Crippen LogP contribution in [-0.2, 0) is 6.42 Å². The summed E-state index contributed by atoms with van der Waals surface area (Å²) < 4.78 is 10.7. The van der Waals surface area contributed by atoms with Gasteiger partial charge in [-0.15, -0.1) is 0 Å². The van der Waals surface area contributed by atoms with Crippen molar-refractivity contribution in [3.63, 3.8) is 0 Å². The molecule has 0 unspecified atom stereocenters. The molecule has 0 fully saturated rings. The molecule has 0 atom stereocenters. The van der Waals surface area contributed by atoms with Crippen LogP contribution < -0.4 is 9.47 Å². The van der Waals surface area contributed by atoms with Crippen molar-refractivity contribution < 1.29 is 14.6 Å². The van der Waals surface area contributed by atoms with E-state index in [1.54, 1.807) is 6.07 Å². The smallest absolute Gasteiger partial charge is 0.203 e. The largest absolute Gasteiger partial charge is 0.504 e. The molecule has 0 bridgehead atoms. The quantitative estimate of drug-likeness (QED) is 0.783. The molecule has 0 amide bonds. The standard InChI is InChI=1S/C11H14O3/c1-2-3-8-6-9(12)11-10(7-8)13-4-5-14-11/h6-7,12H,2-5H2,1H3. The van der Waals surface area contributed by atoms with E-state index in [0.29, 0.717) is 24.7 Å². The highest BCUT2D eigenvalue weighted by atomic mass is 16.6. The van der Waals surface area contributed by atoms with Crippen LogP contribution >= 0.6 is 0 Å². The van der Waals surface area contributed by atoms with Crippen molar-refractivity contribution in [3.05, 3.63) is 17.7 Å². The third-order valence-electron chi connectivity index (χ3n) is 2.22. The minimum absolute atomic E-state index is 0.186. The lowest BCUT2D eigenvalue weighted by molar-refractivity contribution is 0.165. The maximum atomic E-state index is 9.66. The van der Waals surface area contributed by atoms with Crippen molar-refractivity contribution in [2.24, 2.45) is 0 Å². The van der Waals surface area contributed by atoms with Crippen molar-refractivity contribution in [3.8, 4) is 17.2 Å². The topological polar surface area (TPSA) is 38.7 Å². The number of ether oxygens (including phenoxy) is 2. The van der Waals surface area contributed by atoms with Gasteiger partial charge >= 0.3 is 0 Å². The zero-order valence-electron chi connectivity index (χ0n) is 8.25. The molecule has 0 saturated carbocycles. The minimum atomic E-state index is 0.186. The molecular weight excluding hydrogens is 180 g/mol. The SMILES string of the molecule is CCCc1cc(O)c2c(c1)OCCO2. The number of hydrogen-bond donors (Lipinski definition) is 1. The van der Waals surface area contributed by atoms with Gasteiger partial charge in [0.15, 0.2) is 11.5 Å². The van der Waals surface area contributed by atoms with E-state index in [2.05, 4.69) is 6.92 Å². The average molecular weight is 194 g/mol. The first kappa shape index (κ1) is 9.19. The molecule has 1 aliphatic rings. The van der Waals surface area contributed by atoms with Gasteiger partial charge < -0.3 is 14.6 Å². The number of fused-ring (bicyclic) bond motifs is 1. The van der Waals surface area contributed by atoms with E-state index in [1.165, 1.54) is 0 Å². The fraction of sp³-hybridized carbons (Fsp3) is 0.455. The first-order valence-electron chi connectivity index (χ1n) is 4.92. The second kappa shape index (κ2) is 3.78. The van der Waals surface area contributed by atoms with E-state index >= 15 is 0 Å². The fourth-order valence-corrected chi connectivity index (χ4v) is 1.62. The van der Waals surface area contributed by atoms with E-state index in [4.69, 9.17) is 9.47 Å². The van der Waals surface area contributed by atoms with Gasteiger partial charge in [-0.3, -0.25) is 0 Å². The molecule has 1 aromatic carbocycles. The van der Waals surface area contributed by atoms with Gasteiger partial charge in [0.2, 0.25) is 5.75 Å². The first-order chi connectivity index (χ1) is 6.81. The highest BCUT2D eigenvalue weighted by Crippen LogP contribution is 2.39. The third kappa shape index (κ3) is 1.62. The lowest BCUT2D eigenvalue weighted by Crippen LogP contribution is -2.15. The molecular formula is C11H14O3. The van der Waals surface area contributed by atoms with Crippen LogP contribution in [0.2, 0.25) is 0 Å². The maximum absolute atomic E-state index is 9.66. The molecule has 0 spiro atoms. The molecule has 0 aromatic heterocycles. The Morgan fingerprint density at radius 1 is 1.29 bits per heavy atom. The highest BCUT2D eigenvalue weighted by molar-refractivity contribution is 5.53. The van der Waals surface area contributed by atoms with Gasteiger partial charge in [0.1, 0.15) is 13.2 Å². The minimum Gasteiger partial charge on any atom is -0.504 e. The van der Waals surface area contributed by atoms with Gasteiger partial charge in [-0.1, -0.05) is 13.3 Å². The lowest BCUT2D eigenvalue weighted by atomic mass is 10.1. The zero-order valence-corrected chi connectivity index (χ0v) is 8.25. The summed E-state index contributed by atoms with van der Waals surface area (Å²) in [5.74, 6) is 1.33. The van der Waals surface area contributed by atoms with Crippen molar-refractivity contribution in [2.45, 2.75) is 19.8 Å². The number of rotatable bonds is 2. The Hall–Kier alpha value is -1.38. The molecule has 0 radical (unpaired) electrons. The molecule has 14 heavy (non-hydrogen) atoms. The van der Waals surface area contributed by atoms with Gasteiger partial charge in [-0.2, -0.15) is 0 Å². The summed E-state index contributed by atoms with van der Waals surface area (Å²) in [5.41, 5.74) is 1.09. The van der Waals surface area contributed by atoms with Crippen molar-refractivity contribution in [1.29, 1.82) is 0 Å². The molecule has 1 heterocycles. The molecule has 1 N–H and O–H groups in total. The lowest BCUT2D eigenvalue weighted by Gasteiger charge is -2.19. The monoisotopic (exact) mass is 194 g/mol. The number of aryl methyl sites for hydroxylation is 1. The Kier molecular flexibility index (Phi) is 2.48. The van der Waals surface area contributed by atoms with E-state index in [1.807, 2.05) is 6.07 Å². The summed E-state index contributed by atoms with van der Waals surface area (Å²) in [6, 6.07) is 3.69. The average Bonchev–Trinajstić information content (AvgIpc) is 2.18. The third-order valence-corrected chi connectivity index (χ3v) is 2.22. The molecule has 3 nitrogen and oxygen atoms in total. The van der Waals surface area contributed by atoms with Crippen LogP contribution in [0.5, 0.6) is 17.2 Å². The van der Waals surface area contributed by atoms with Crippen LogP contribution in [0.3, 0.4) is 0 Å². The van der Waals surface area contributed by atoms with Crippen LogP contribution in [0, 0.1) is 0 Å². The zero-order chi connectivity index (χ0) is 9.97. The highest BCUT2D eigenvalue weighted by Gasteiger charge is 2.16. The second-order valence-corrected chi connectivity index (χ2v) is 3.39. The van der Waals surface area contributed by atoms with E-state index in [0.717, 1.165) is 18.4 Å². The van der Waals surface area contributed by atoms with Crippen LogP contribution in [0.25, 0.3) is 0 Å². The summed E-state index contributed by atoms with van der Waals surface area (Å²) in [6.45, 7) is 3.17. The number of aromatic hydroxyl groups is 1. The summed E-state index contributed by atoms with van der Waals surface area (Å²) in [7, 11) is 0. The number of phenolic OH excluding ortho intramolecular Hbond substituents is 1. The Labute approximate surface area is 83.3 Å². The van der Waals surface area contributed by atoms with Crippen LogP contribution in [-0.4, -0.2) is 18.3 Å². The van der Waals surface area contributed by atoms with Gasteiger partial charge in [0, 0.05) is 0 Å². The maximum Gasteiger partial charge on any atom is 0.203 e. The number of phenols is 1. The molecule has 1 aliphatic heterocycles. The van der Waals surface area contributed by atoms with E-state index in [-0.39, 0.29) is 5.75 Å². The van der Waals surface area contributed by atoms with Crippen LogP contribution in [0.1, 0.15) is 18.9 Å². The molecule has 0 saturated heterocycles. The number of benzene rings is 1. The van der Waals surface area contributed by atoms with Gasteiger partial charge in [-0.05, 0) is 24.1 Å². The van der Waals surface area contributed by atoms with Crippen molar-refractivity contribution in [2.75, 3.05) is 13.2 Å². The Bertz CT molecular complexity index is 334. The second-order valence-electron chi connectivity index (χ2n) is 3.39. The van der Waals surface area contributed by atoms with Gasteiger partial charge in [-0.25, -0.2) is 0 Å². The first-order valence-corrected chi connectivity index (χ1v) is 4.92. The molecule has 1 aromatic rings. The normalized spacial score (nSPS) is 14.1. The Morgan fingerprint density at radius 3 is 2.86 bits per heavy atom. The van der Waals surface area contributed by atoms with Crippen molar-refractivity contribution >= 4 is 0 Å². The number of hydrogen-bond acceptors (Lipinski definition) is 3. The molecule has 76 valence electrons. The summed E-state index contributed by atoms with van der Waals surface area (Å²) in [6.07, 6.45) is 2.00. The van der Waals surface area contributed by atoms with Crippen LogP contribution in [0.4, 0.5) is 0 Å². The Morgan fingerprint density at radius 2 is 2.07 bits per heavy atom. The molecule has 0 aliphatic carbocycles. The Balaban J connectivity index is 2.36. The van der Waals surface area contributed by atoms with E-state index < -0.39 is 0 Å². The molecule has 2 rings (SSSR count). The van der Waals surface area contributed by atoms with Crippen molar-refractivity contribution in [1.82, 2.24) is 0 Å². The van der Waals surface area contributed by atoms with E-state index in [9.17, 15) is 5.11 Å². The van der Waals surface area contributed by atoms with Crippen LogP contribution in [0.15, 0.2) is 12.1 Å². The summed E-state index contributed by atoms with van der Waals surface area (Å²) in [4.78, 5) is 0. The van der Waals surface area contributed by atoms with Gasteiger partial charge in [0.25, 0.3) is 0 Å². The predicted molar refractivity (Wildman–Crippen MR) is 53.1 cm³/mol. The fourth-order valence-electron chi connectivity index (χ4n) is 1.62. The molecule has 3 heteroatoms. The summed E-state index contributed by atoms with van der Waals surface area (Å²) >= 11 is 0. The van der Waals surface area contributed by atoms with Gasteiger partial charge in [0.05, 0.1) is 0 Å². The summed E-state index contributed by atoms with van der Waals surface area (Å²) in [5, 5.41) is 9.66. The predicted octanol–water partition coefficient (Wildman–Crippen LogP) is 2.12.